The Morgan fingerprint density at radius 2 is 2.16 bits per heavy atom. The van der Waals surface area contributed by atoms with Crippen molar-refractivity contribution in [2.75, 3.05) is 13.7 Å². The number of rotatable bonds is 3. The van der Waals surface area contributed by atoms with Crippen LogP contribution in [0.15, 0.2) is 18.2 Å². The van der Waals surface area contributed by atoms with Crippen LogP contribution in [0.1, 0.15) is 42.9 Å². The summed E-state index contributed by atoms with van der Waals surface area (Å²) in [6.07, 6.45) is -2.65. The van der Waals surface area contributed by atoms with E-state index in [0.29, 0.717) is 19.4 Å². The molecule has 0 amide bonds. The van der Waals surface area contributed by atoms with Crippen LogP contribution in [-0.2, 0) is 15.7 Å². The van der Waals surface area contributed by atoms with Crippen molar-refractivity contribution in [2.45, 2.75) is 38.4 Å². The van der Waals surface area contributed by atoms with Crippen LogP contribution in [0.3, 0.4) is 0 Å². The van der Waals surface area contributed by atoms with Gasteiger partial charge in [-0.1, -0.05) is 37.0 Å². The topological polar surface area (TPSA) is 29.5 Å². The number of ether oxygens (including phenoxy) is 1. The minimum absolute atomic E-state index is 0.0689. The van der Waals surface area contributed by atoms with Gasteiger partial charge in [0, 0.05) is 24.1 Å². The molecule has 2 rings (SSSR count). The van der Waals surface area contributed by atoms with Crippen LogP contribution in [0.5, 0.6) is 0 Å². The van der Waals surface area contributed by atoms with Crippen molar-refractivity contribution in [3.05, 3.63) is 34.9 Å². The Morgan fingerprint density at radius 1 is 1.44 bits per heavy atom. The maximum absolute atomic E-state index is 13.4. The van der Waals surface area contributed by atoms with Crippen molar-refractivity contribution >= 4 is 23.2 Å². The molecule has 1 aliphatic heterocycles. The number of hydrogen-bond acceptors (Lipinski definition) is 3. The summed E-state index contributed by atoms with van der Waals surface area (Å²) in [5, 5.41) is 0. The second kappa shape index (κ2) is 7.87. The van der Waals surface area contributed by atoms with Gasteiger partial charge in [-0.2, -0.15) is 13.2 Å². The van der Waals surface area contributed by atoms with Gasteiger partial charge < -0.3 is 9.64 Å². The van der Waals surface area contributed by atoms with Crippen LogP contribution < -0.4 is 0 Å². The number of unbranched alkanes of at least 4 members (excludes halogenated alkanes) is 1. The van der Waals surface area contributed by atoms with Crippen molar-refractivity contribution in [1.29, 1.82) is 0 Å². The van der Waals surface area contributed by atoms with Gasteiger partial charge in [-0.3, -0.25) is 0 Å². The van der Waals surface area contributed by atoms with Crippen molar-refractivity contribution in [3.63, 3.8) is 0 Å². The highest BCUT2D eigenvalue weighted by atomic mass is 32.1. The third-order valence-corrected chi connectivity index (χ3v) is 4.39. The molecule has 0 unspecified atom stereocenters. The summed E-state index contributed by atoms with van der Waals surface area (Å²) in [6.45, 7) is 2.42. The van der Waals surface area contributed by atoms with E-state index >= 15 is 0 Å². The molecule has 1 aliphatic rings. The largest absolute Gasteiger partial charge is 0.467 e. The highest BCUT2D eigenvalue weighted by Crippen LogP contribution is 2.33. The van der Waals surface area contributed by atoms with Gasteiger partial charge in [0.05, 0.1) is 12.7 Å². The van der Waals surface area contributed by atoms with E-state index in [-0.39, 0.29) is 16.1 Å². The van der Waals surface area contributed by atoms with Crippen LogP contribution >= 0.6 is 12.2 Å². The number of carbonyl (C=O) groups excluding carboxylic acids is 1. The zero-order valence-electron chi connectivity index (χ0n) is 13.9. The van der Waals surface area contributed by atoms with Crippen LogP contribution in [0.25, 0.3) is 0 Å². The molecule has 1 saturated heterocycles. The molecule has 1 fully saturated rings. The monoisotopic (exact) mass is 369 g/mol. The third kappa shape index (κ3) is 4.31. The smallest absolute Gasteiger partial charge is 0.417 e. The second-order valence-electron chi connectivity index (χ2n) is 5.64. The molecule has 7 heteroatoms. The maximum Gasteiger partial charge on any atom is 0.417 e. The number of likely N-dealkylation sites (tertiary alicyclic amines) is 1. The Kier molecular flexibility index (Phi) is 6.07. The summed E-state index contributed by atoms with van der Waals surface area (Å²) in [5.74, 6) is 4.87. The van der Waals surface area contributed by atoms with Crippen LogP contribution in [0.2, 0.25) is 0 Å². The van der Waals surface area contributed by atoms with E-state index < -0.39 is 23.8 Å². The quantitative estimate of drug-likeness (QED) is 0.461. The molecule has 134 valence electrons. The Hall–Kier alpha value is -2.07. The number of thiocarbonyl (C=S) groups is 1. The molecule has 25 heavy (non-hydrogen) atoms. The van der Waals surface area contributed by atoms with E-state index in [4.69, 9.17) is 12.2 Å². The van der Waals surface area contributed by atoms with Crippen molar-refractivity contribution in [1.82, 2.24) is 4.90 Å². The number of benzene rings is 1. The summed E-state index contributed by atoms with van der Waals surface area (Å²) in [4.78, 5) is 13.4. The van der Waals surface area contributed by atoms with Gasteiger partial charge in [-0.15, -0.1) is 0 Å². The lowest BCUT2D eigenvalue weighted by Crippen LogP contribution is -2.55. The number of methoxy groups -OCH3 is 1. The highest BCUT2D eigenvalue weighted by molar-refractivity contribution is 7.80. The van der Waals surface area contributed by atoms with Gasteiger partial charge in [0.2, 0.25) is 0 Å². The van der Waals surface area contributed by atoms with Crippen LogP contribution in [-0.4, -0.2) is 35.6 Å². The maximum atomic E-state index is 13.4. The van der Waals surface area contributed by atoms with Gasteiger partial charge in [0.15, 0.2) is 0 Å². The minimum Gasteiger partial charge on any atom is -0.467 e. The third-order valence-electron chi connectivity index (χ3n) is 3.92. The van der Waals surface area contributed by atoms with Crippen molar-refractivity contribution in [2.24, 2.45) is 0 Å². The molecule has 1 aromatic rings. The standard InChI is InChI=1S/C18H18F3NO2S/c1-3-4-5-6-12-7-8-13(11-14(12)18(19,20)21)16(25)22-10-9-15(22)17(23)24-2/h7-8,11,15H,3-4,9-10H2,1-2H3/t15-/m1/s1. The lowest BCUT2D eigenvalue weighted by molar-refractivity contribution is -0.148. The predicted octanol–water partition coefficient (Wildman–Crippen LogP) is 3.78. The molecule has 3 nitrogen and oxygen atoms in total. The predicted molar refractivity (Wildman–Crippen MR) is 92.1 cm³/mol. The fourth-order valence-electron chi connectivity index (χ4n) is 2.48. The normalized spacial score (nSPS) is 16.5. The number of carbonyl (C=O) groups is 1. The van der Waals surface area contributed by atoms with Crippen LogP contribution in [0, 0.1) is 11.8 Å². The van der Waals surface area contributed by atoms with Crippen molar-refractivity contribution < 1.29 is 22.7 Å². The van der Waals surface area contributed by atoms with E-state index in [1.165, 1.54) is 19.2 Å². The average Bonchev–Trinajstić information content (AvgIpc) is 2.53. The fraction of sp³-hybridized carbons (Fsp3) is 0.444. The van der Waals surface area contributed by atoms with Crippen LogP contribution in [0.4, 0.5) is 13.2 Å². The zero-order valence-corrected chi connectivity index (χ0v) is 14.8. The first-order valence-electron chi connectivity index (χ1n) is 7.88. The molecule has 0 radical (unpaired) electrons. The first kappa shape index (κ1) is 19.3. The van der Waals surface area contributed by atoms with Gasteiger partial charge in [-0.25, -0.2) is 4.79 Å². The summed E-state index contributed by atoms with van der Waals surface area (Å²) >= 11 is 5.28. The number of hydrogen-bond donors (Lipinski definition) is 0. The Labute approximate surface area is 150 Å². The SMILES string of the molecule is CCCC#Cc1ccc(C(=S)N2CC[C@@H]2C(=O)OC)cc1C(F)(F)F. The molecule has 0 saturated carbocycles. The highest BCUT2D eigenvalue weighted by Gasteiger charge is 2.38. The molecular formula is C18H18F3NO2S. The van der Waals surface area contributed by atoms with Gasteiger partial charge in [0.25, 0.3) is 0 Å². The number of nitrogens with zero attached hydrogens (tertiary/aromatic N) is 1. The van der Waals surface area contributed by atoms with E-state index in [0.717, 1.165) is 12.5 Å². The van der Waals surface area contributed by atoms with Gasteiger partial charge in [0.1, 0.15) is 11.0 Å². The fourth-order valence-corrected chi connectivity index (χ4v) is 2.83. The Morgan fingerprint density at radius 3 is 2.68 bits per heavy atom. The Bertz CT molecular complexity index is 734. The Balaban J connectivity index is 2.32. The molecule has 0 aromatic heterocycles. The molecule has 0 bridgehead atoms. The van der Waals surface area contributed by atoms with E-state index in [2.05, 4.69) is 16.6 Å². The molecule has 0 aliphatic carbocycles. The second-order valence-corrected chi connectivity index (χ2v) is 6.02. The molecule has 1 atom stereocenters. The minimum atomic E-state index is -4.53. The van der Waals surface area contributed by atoms with E-state index in [1.807, 2.05) is 6.92 Å². The molecular weight excluding hydrogens is 351 g/mol. The van der Waals surface area contributed by atoms with Crippen molar-refractivity contribution in [3.8, 4) is 11.8 Å². The first-order chi connectivity index (χ1) is 11.8. The van der Waals surface area contributed by atoms with E-state index in [9.17, 15) is 18.0 Å². The first-order valence-corrected chi connectivity index (χ1v) is 8.29. The average molecular weight is 369 g/mol. The summed E-state index contributed by atoms with van der Waals surface area (Å²) in [5.41, 5.74) is -0.635. The molecule has 1 aromatic carbocycles. The summed E-state index contributed by atoms with van der Waals surface area (Å²) in [6, 6.07) is 3.32. The molecule has 1 heterocycles. The zero-order chi connectivity index (χ0) is 18.6. The number of esters is 1. The summed E-state index contributed by atoms with van der Waals surface area (Å²) in [7, 11) is 1.27. The number of alkyl halides is 3. The molecule has 0 spiro atoms. The number of halogens is 3. The lowest BCUT2D eigenvalue weighted by Gasteiger charge is -2.40. The summed E-state index contributed by atoms with van der Waals surface area (Å²) < 4.78 is 44.8. The molecule has 0 N–H and O–H groups in total. The van der Waals surface area contributed by atoms with Gasteiger partial charge in [-0.05, 0) is 25.0 Å². The van der Waals surface area contributed by atoms with E-state index in [1.54, 1.807) is 4.90 Å². The lowest BCUT2D eigenvalue weighted by atomic mass is 9.99. The van der Waals surface area contributed by atoms with Gasteiger partial charge >= 0.3 is 12.1 Å².